The van der Waals surface area contributed by atoms with Crippen LogP contribution in [0.25, 0.3) is 15.9 Å². The van der Waals surface area contributed by atoms with Crippen molar-refractivity contribution in [2.45, 2.75) is 18.9 Å². The van der Waals surface area contributed by atoms with E-state index in [0.717, 1.165) is 42.0 Å². The molecule has 2 aliphatic rings. The number of benzene rings is 1. The predicted molar refractivity (Wildman–Crippen MR) is 119 cm³/mol. The van der Waals surface area contributed by atoms with Gasteiger partial charge in [-0.15, -0.1) is 11.3 Å². The summed E-state index contributed by atoms with van der Waals surface area (Å²) < 4.78 is 0. The van der Waals surface area contributed by atoms with Crippen LogP contribution >= 0.6 is 11.3 Å². The number of nitrogens with zero attached hydrogens (tertiary/aromatic N) is 7. The number of thiophene rings is 1. The summed E-state index contributed by atoms with van der Waals surface area (Å²) >= 11 is 1.64. The van der Waals surface area contributed by atoms with Crippen molar-refractivity contribution < 1.29 is 4.79 Å². The molecule has 2 atom stereocenters. The number of carbonyl (C=O) groups excluding carboxylic acids is 1. The van der Waals surface area contributed by atoms with Crippen LogP contribution in [0.1, 0.15) is 23.2 Å². The molecule has 156 valence electrons. The fourth-order valence-electron chi connectivity index (χ4n) is 4.93. The average molecular weight is 432 g/mol. The number of rotatable bonds is 3. The van der Waals surface area contributed by atoms with Gasteiger partial charge in [-0.3, -0.25) is 4.79 Å². The largest absolute Gasteiger partial charge is 0.351 e. The lowest BCUT2D eigenvalue weighted by Crippen LogP contribution is -2.50. The van der Waals surface area contributed by atoms with Gasteiger partial charge in [0, 0.05) is 19.6 Å². The number of piperidine rings is 1. The number of likely N-dealkylation sites (tertiary alicyclic amines) is 1. The van der Waals surface area contributed by atoms with E-state index in [1.54, 1.807) is 30.1 Å². The first-order chi connectivity index (χ1) is 15.3. The van der Waals surface area contributed by atoms with Crippen molar-refractivity contribution >= 4 is 33.3 Å². The monoisotopic (exact) mass is 431 g/mol. The minimum Gasteiger partial charge on any atom is -0.351 e. The Morgan fingerprint density at radius 1 is 1.03 bits per heavy atom. The lowest BCUT2D eigenvalue weighted by Gasteiger charge is -2.39. The van der Waals surface area contributed by atoms with Gasteiger partial charge < -0.3 is 9.80 Å². The zero-order chi connectivity index (χ0) is 20.8. The molecule has 0 spiro atoms. The Morgan fingerprint density at radius 3 is 2.77 bits per heavy atom. The summed E-state index contributed by atoms with van der Waals surface area (Å²) in [4.78, 5) is 29.4. The van der Waals surface area contributed by atoms with Crippen LogP contribution in [0, 0.1) is 5.92 Å². The van der Waals surface area contributed by atoms with E-state index in [1.807, 2.05) is 29.2 Å². The smallest absolute Gasteiger partial charge is 0.256 e. The molecule has 4 aromatic rings. The van der Waals surface area contributed by atoms with Crippen molar-refractivity contribution in [3.8, 4) is 5.69 Å². The molecule has 2 fully saturated rings. The molecule has 8 nitrogen and oxygen atoms in total. The van der Waals surface area contributed by atoms with Crippen LogP contribution < -0.4 is 4.90 Å². The lowest BCUT2D eigenvalue weighted by molar-refractivity contribution is 0.0678. The number of hydrogen-bond donors (Lipinski definition) is 0. The quantitative estimate of drug-likeness (QED) is 0.496. The van der Waals surface area contributed by atoms with Crippen LogP contribution in [0.3, 0.4) is 0 Å². The molecule has 0 radical (unpaired) electrons. The fraction of sp³-hybridized carbons (Fsp3) is 0.318. The summed E-state index contributed by atoms with van der Waals surface area (Å²) in [6, 6.07) is 9.91. The first-order valence-corrected chi connectivity index (χ1v) is 11.4. The highest BCUT2D eigenvalue weighted by Crippen LogP contribution is 2.38. The maximum Gasteiger partial charge on any atom is 0.256 e. The molecule has 3 aromatic heterocycles. The maximum absolute atomic E-state index is 13.5. The third-order valence-electron chi connectivity index (χ3n) is 6.43. The molecule has 0 unspecified atom stereocenters. The third-order valence-corrected chi connectivity index (χ3v) is 7.25. The topological polar surface area (TPSA) is 80.0 Å². The highest BCUT2D eigenvalue weighted by atomic mass is 32.1. The molecule has 2 saturated heterocycles. The highest BCUT2D eigenvalue weighted by molar-refractivity contribution is 7.16. The molecular weight excluding hydrogens is 410 g/mol. The number of anilines is 1. The van der Waals surface area contributed by atoms with Gasteiger partial charge >= 0.3 is 0 Å². The summed E-state index contributed by atoms with van der Waals surface area (Å²) in [5, 5.41) is 11.6. The highest BCUT2D eigenvalue weighted by Gasteiger charge is 2.41. The van der Waals surface area contributed by atoms with Gasteiger partial charge in [0.2, 0.25) is 0 Å². The molecule has 1 amide bonds. The molecule has 31 heavy (non-hydrogen) atoms. The molecule has 9 heteroatoms. The summed E-state index contributed by atoms with van der Waals surface area (Å²) in [6.45, 7) is 2.43. The van der Waals surface area contributed by atoms with Crippen LogP contribution in [0.2, 0.25) is 0 Å². The molecule has 0 N–H and O–H groups in total. The standard InChI is InChI=1S/C22H21N7OS/c30-22(16-3-1-2-4-18(16)29-25-8-9-26-29)27-10-5-15-6-11-28(19(15)13-27)20-17-7-12-31-21(17)24-14-23-20/h1-4,7-9,12,14-15,19H,5-6,10-11,13H2/t15-,19-/m0/s1. The molecule has 0 saturated carbocycles. The first kappa shape index (κ1) is 18.4. The Hall–Kier alpha value is -3.33. The van der Waals surface area contributed by atoms with Gasteiger partial charge in [0.25, 0.3) is 5.91 Å². The van der Waals surface area contributed by atoms with Crippen LogP contribution in [-0.2, 0) is 0 Å². The van der Waals surface area contributed by atoms with E-state index < -0.39 is 0 Å². The van der Waals surface area contributed by atoms with Gasteiger partial charge in [-0.05, 0) is 42.3 Å². The molecule has 5 heterocycles. The number of hydrogen-bond acceptors (Lipinski definition) is 7. The van der Waals surface area contributed by atoms with Crippen molar-refractivity contribution in [1.82, 2.24) is 29.9 Å². The van der Waals surface area contributed by atoms with Crippen LogP contribution in [0.4, 0.5) is 5.82 Å². The average Bonchev–Trinajstić information content (AvgIpc) is 3.58. The van der Waals surface area contributed by atoms with E-state index in [-0.39, 0.29) is 11.9 Å². The minimum absolute atomic E-state index is 0.0292. The number of aromatic nitrogens is 5. The zero-order valence-corrected chi connectivity index (χ0v) is 17.6. The molecule has 1 aromatic carbocycles. The predicted octanol–water partition coefficient (Wildman–Crippen LogP) is 3.01. The van der Waals surface area contributed by atoms with E-state index in [1.165, 1.54) is 4.80 Å². The van der Waals surface area contributed by atoms with Crippen molar-refractivity contribution in [3.63, 3.8) is 0 Å². The van der Waals surface area contributed by atoms with E-state index in [4.69, 9.17) is 0 Å². The summed E-state index contributed by atoms with van der Waals surface area (Å²) in [5.41, 5.74) is 1.34. The van der Waals surface area contributed by atoms with E-state index in [9.17, 15) is 4.79 Å². The van der Waals surface area contributed by atoms with Crippen LogP contribution in [0.5, 0.6) is 0 Å². The second-order valence-electron chi connectivity index (χ2n) is 8.02. The Kier molecular flexibility index (Phi) is 4.41. The molecule has 2 aliphatic heterocycles. The SMILES string of the molecule is O=C(c1ccccc1-n1nccn1)N1CC[C@H]2CCN(c3ncnc4sccc34)[C@H]2C1. The van der Waals surface area contributed by atoms with E-state index in [0.29, 0.717) is 23.7 Å². The molecule has 0 aliphatic carbocycles. The normalized spacial score (nSPS) is 20.9. The summed E-state index contributed by atoms with van der Waals surface area (Å²) in [6.07, 6.45) is 7.04. The van der Waals surface area contributed by atoms with E-state index in [2.05, 4.69) is 36.5 Å². The molecule has 6 rings (SSSR count). The van der Waals surface area contributed by atoms with E-state index >= 15 is 0 Å². The second kappa shape index (κ2) is 7.42. The Morgan fingerprint density at radius 2 is 1.87 bits per heavy atom. The number of amides is 1. The van der Waals surface area contributed by atoms with Crippen molar-refractivity contribution in [1.29, 1.82) is 0 Å². The third kappa shape index (κ3) is 3.07. The Balaban J connectivity index is 1.30. The lowest BCUT2D eigenvalue weighted by atomic mass is 9.91. The number of para-hydroxylation sites is 1. The van der Waals surface area contributed by atoms with Crippen molar-refractivity contribution in [2.24, 2.45) is 5.92 Å². The summed E-state index contributed by atoms with van der Waals surface area (Å²) in [5.74, 6) is 1.60. The van der Waals surface area contributed by atoms with Crippen LogP contribution in [0.15, 0.2) is 54.4 Å². The Bertz CT molecular complexity index is 1240. The van der Waals surface area contributed by atoms with Crippen molar-refractivity contribution in [3.05, 3.63) is 60.0 Å². The second-order valence-corrected chi connectivity index (χ2v) is 8.92. The van der Waals surface area contributed by atoms with Gasteiger partial charge in [0.15, 0.2) is 0 Å². The van der Waals surface area contributed by atoms with Gasteiger partial charge in [-0.25, -0.2) is 9.97 Å². The van der Waals surface area contributed by atoms with Gasteiger partial charge in [0.05, 0.1) is 35.1 Å². The number of fused-ring (bicyclic) bond motifs is 2. The summed E-state index contributed by atoms with van der Waals surface area (Å²) in [7, 11) is 0. The zero-order valence-electron chi connectivity index (χ0n) is 16.8. The van der Waals surface area contributed by atoms with Crippen LogP contribution in [-0.4, -0.2) is 61.4 Å². The number of carbonyl (C=O) groups is 1. The molecule has 0 bridgehead atoms. The fourth-order valence-corrected chi connectivity index (χ4v) is 5.66. The molecular formula is C22H21N7OS. The van der Waals surface area contributed by atoms with Gasteiger partial charge in [0.1, 0.15) is 17.0 Å². The maximum atomic E-state index is 13.5. The Labute approximate surface area is 183 Å². The van der Waals surface area contributed by atoms with Crippen molar-refractivity contribution in [2.75, 3.05) is 24.5 Å². The van der Waals surface area contributed by atoms with Gasteiger partial charge in [-0.2, -0.15) is 15.0 Å². The minimum atomic E-state index is 0.0292. The first-order valence-electron chi connectivity index (χ1n) is 10.5. The van der Waals surface area contributed by atoms with Gasteiger partial charge in [-0.1, -0.05) is 12.1 Å².